The van der Waals surface area contributed by atoms with E-state index < -0.39 is 5.66 Å². The zero-order valence-electron chi connectivity index (χ0n) is 6.66. The lowest BCUT2D eigenvalue weighted by Gasteiger charge is -2.41. The Bertz CT molecular complexity index is 212. The first-order chi connectivity index (χ1) is 5.02. The fourth-order valence-electron chi connectivity index (χ4n) is 0.758. The number of aromatic nitrogens is 1. The lowest BCUT2D eigenvalue weighted by atomic mass is 10.2. The number of H-pyrrole nitrogens is 1. The maximum atomic E-state index is 11.3. The van der Waals surface area contributed by atoms with Gasteiger partial charge in [-0.2, -0.15) is 0 Å². The zero-order chi connectivity index (χ0) is 8.48. The molecule has 0 atom stereocenters. The fraction of sp³-hybridized carbons (Fsp3) is 0.429. The number of hydrogen-bond donors (Lipinski definition) is 2. The van der Waals surface area contributed by atoms with Crippen LogP contribution in [0.1, 0.15) is 13.8 Å². The summed E-state index contributed by atoms with van der Waals surface area (Å²) in [5, 5.41) is 12.0. The van der Waals surface area contributed by atoms with Crippen molar-refractivity contribution >= 4 is 5.82 Å². The van der Waals surface area contributed by atoms with Crippen LogP contribution in [-0.4, -0.2) is 10.6 Å². The molecule has 0 aliphatic heterocycles. The maximum absolute atomic E-state index is 11.3. The van der Waals surface area contributed by atoms with Crippen molar-refractivity contribution in [2.45, 2.75) is 19.5 Å². The van der Waals surface area contributed by atoms with Crippen LogP contribution in [0.25, 0.3) is 0 Å². The summed E-state index contributed by atoms with van der Waals surface area (Å²) in [6, 6.07) is 3.44. The molecule has 1 heterocycles. The second-order valence-corrected chi connectivity index (χ2v) is 3.00. The first kappa shape index (κ1) is 8.10. The third-order valence-corrected chi connectivity index (χ3v) is 1.32. The molecule has 0 aliphatic rings. The Hall–Kier alpha value is -1.00. The van der Waals surface area contributed by atoms with Crippen LogP contribution in [0.2, 0.25) is 0 Å². The first-order valence-electron chi connectivity index (χ1n) is 3.41. The third-order valence-electron chi connectivity index (χ3n) is 1.32. The van der Waals surface area contributed by atoms with Crippen molar-refractivity contribution in [3.63, 3.8) is 0 Å². The average molecular weight is 154 g/mol. The van der Waals surface area contributed by atoms with Gasteiger partial charge in [-0.15, -0.1) is 0 Å². The van der Waals surface area contributed by atoms with Gasteiger partial charge in [0.1, 0.15) is 0 Å². The number of anilines is 1. The van der Waals surface area contributed by atoms with E-state index in [0.717, 1.165) is 5.06 Å². The van der Waals surface area contributed by atoms with Crippen molar-refractivity contribution in [3.8, 4) is 0 Å². The molecule has 0 saturated carbocycles. The predicted octanol–water partition coefficient (Wildman–Crippen LogP) is 1.01. The van der Waals surface area contributed by atoms with E-state index in [1.165, 1.54) is 0 Å². The topological polar surface area (TPSA) is 68.1 Å². The van der Waals surface area contributed by atoms with Crippen LogP contribution in [0.15, 0.2) is 18.3 Å². The number of rotatable bonds is 2. The van der Waals surface area contributed by atoms with E-state index >= 15 is 0 Å². The summed E-state index contributed by atoms with van der Waals surface area (Å²) < 4.78 is 0. The van der Waals surface area contributed by atoms with Gasteiger partial charge in [-0.3, -0.25) is 0 Å². The molecule has 0 bridgehead atoms. The maximum Gasteiger partial charge on any atom is 0.0959 e. The molecule has 0 aliphatic carbocycles. The summed E-state index contributed by atoms with van der Waals surface area (Å²) in [5.74, 6) is 0.484. The van der Waals surface area contributed by atoms with Gasteiger partial charge in [-0.05, 0) is 26.0 Å². The molecule has 0 aromatic carbocycles. The lowest BCUT2D eigenvalue weighted by Crippen LogP contribution is -2.48. The van der Waals surface area contributed by atoms with Gasteiger partial charge in [0, 0.05) is 6.20 Å². The van der Waals surface area contributed by atoms with Gasteiger partial charge in [-0.1, -0.05) is 0 Å². The van der Waals surface area contributed by atoms with E-state index in [1.807, 2.05) is 0 Å². The van der Waals surface area contributed by atoms with Gasteiger partial charge in [0.25, 0.3) is 0 Å². The number of aromatic amines is 1. The molecule has 1 rings (SSSR count). The molecule has 0 unspecified atom stereocenters. The molecule has 3 N–H and O–H groups in total. The van der Waals surface area contributed by atoms with Gasteiger partial charge in [0.05, 0.1) is 11.5 Å². The van der Waals surface area contributed by atoms with Gasteiger partial charge in [-0.25, -0.2) is 0 Å². The Morgan fingerprint density at radius 1 is 1.64 bits per heavy atom. The smallest absolute Gasteiger partial charge is 0.0959 e. The molecule has 0 saturated heterocycles. The highest BCUT2D eigenvalue weighted by Gasteiger charge is 2.13. The number of hydroxylamine groups is 1. The van der Waals surface area contributed by atoms with Crippen LogP contribution < -0.4 is 10.8 Å². The quantitative estimate of drug-likeness (QED) is 0.493. The van der Waals surface area contributed by atoms with E-state index in [2.05, 4.69) is 4.98 Å². The molecule has 1 aromatic heterocycles. The summed E-state index contributed by atoms with van der Waals surface area (Å²) in [5.41, 5.74) is 4.69. The molecule has 0 spiro atoms. The van der Waals surface area contributed by atoms with Crippen LogP contribution in [-0.2, 0) is 0 Å². The Balaban J connectivity index is 2.78. The monoisotopic (exact) mass is 154 g/mol. The van der Waals surface area contributed by atoms with Crippen molar-refractivity contribution in [2.75, 3.05) is 5.06 Å². The minimum absolute atomic E-state index is 0.484. The number of nitrogens with one attached hydrogen (secondary N) is 1. The van der Waals surface area contributed by atoms with Gasteiger partial charge in [0.2, 0.25) is 0 Å². The standard InChI is InChI=1S/C7H12N3O/c1-7(2,8)10(11)6-4-3-5-9-6/h3-5,9H,8H2,1-2H3/q-1. The van der Waals surface area contributed by atoms with Gasteiger partial charge in [0.15, 0.2) is 0 Å². The number of nitrogens with two attached hydrogens (primary N) is 1. The Morgan fingerprint density at radius 2 is 2.27 bits per heavy atom. The van der Waals surface area contributed by atoms with Gasteiger partial charge >= 0.3 is 0 Å². The Labute approximate surface area is 65.6 Å². The summed E-state index contributed by atoms with van der Waals surface area (Å²) >= 11 is 0. The lowest BCUT2D eigenvalue weighted by molar-refractivity contribution is 0.522. The van der Waals surface area contributed by atoms with E-state index in [0.29, 0.717) is 5.82 Å². The fourth-order valence-corrected chi connectivity index (χ4v) is 0.758. The number of nitrogens with zero attached hydrogens (tertiary/aromatic N) is 1. The van der Waals surface area contributed by atoms with Crippen LogP contribution in [0.3, 0.4) is 0 Å². The highest BCUT2D eigenvalue weighted by Crippen LogP contribution is 2.15. The van der Waals surface area contributed by atoms with E-state index in [1.54, 1.807) is 32.2 Å². The SMILES string of the molecule is CC(C)(N)N([O-])c1ccc[nH]1. The Kier molecular flexibility index (Phi) is 1.89. The van der Waals surface area contributed by atoms with Crippen molar-refractivity contribution < 1.29 is 0 Å². The highest BCUT2D eigenvalue weighted by molar-refractivity contribution is 5.42. The molecule has 11 heavy (non-hydrogen) atoms. The zero-order valence-corrected chi connectivity index (χ0v) is 6.66. The predicted molar refractivity (Wildman–Crippen MR) is 44.9 cm³/mol. The first-order valence-corrected chi connectivity index (χ1v) is 3.41. The molecule has 62 valence electrons. The third kappa shape index (κ3) is 1.72. The molecule has 4 heteroatoms. The normalized spacial score (nSPS) is 11.6. The highest BCUT2D eigenvalue weighted by atomic mass is 16.5. The molecular weight excluding hydrogens is 142 g/mol. The molecule has 4 nitrogen and oxygen atoms in total. The second-order valence-electron chi connectivity index (χ2n) is 3.00. The average Bonchev–Trinajstić information content (AvgIpc) is 2.34. The summed E-state index contributed by atoms with van der Waals surface area (Å²) in [7, 11) is 0. The molecule has 0 fully saturated rings. The van der Waals surface area contributed by atoms with Crippen molar-refractivity contribution in [2.24, 2.45) is 5.73 Å². The summed E-state index contributed by atoms with van der Waals surface area (Å²) in [6.07, 6.45) is 1.69. The molecule has 1 aromatic rings. The largest absolute Gasteiger partial charge is 0.756 e. The van der Waals surface area contributed by atoms with Crippen molar-refractivity contribution in [3.05, 3.63) is 23.5 Å². The molecule has 0 amide bonds. The van der Waals surface area contributed by atoms with Crippen molar-refractivity contribution in [1.82, 2.24) is 4.98 Å². The minimum Gasteiger partial charge on any atom is -0.756 e. The summed E-state index contributed by atoms with van der Waals surface area (Å²) in [6.45, 7) is 3.31. The molecule has 0 radical (unpaired) electrons. The van der Waals surface area contributed by atoms with Crippen LogP contribution >= 0.6 is 0 Å². The van der Waals surface area contributed by atoms with E-state index in [-0.39, 0.29) is 0 Å². The number of hydrogen-bond acceptors (Lipinski definition) is 3. The van der Waals surface area contributed by atoms with Crippen LogP contribution in [0.5, 0.6) is 0 Å². The van der Waals surface area contributed by atoms with Crippen LogP contribution in [0, 0.1) is 5.21 Å². The van der Waals surface area contributed by atoms with Crippen molar-refractivity contribution in [1.29, 1.82) is 0 Å². The second kappa shape index (κ2) is 2.56. The summed E-state index contributed by atoms with van der Waals surface area (Å²) in [4.78, 5) is 2.78. The van der Waals surface area contributed by atoms with Gasteiger partial charge < -0.3 is 21.0 Å². The van der Waals surface area contributed by atoms with Crippen LogP contribution in [0.4, 0.5) is 5.82 Å². The Morgan fingerprint density at radius 3 is 2.64 bits per heavy atom. The molecular formula is C7H12N3O-. The van der Waals surface area contributed by atoms with E-state index in [4.69, 9.17) is 5.73 Å². The minimum atomic E-state index is -0.870. The van der Waals surface area contributed by atoms with E-state index in [9.17, 15) is 5.21 Å².